The molecule has 0 spiro atoms. The maximum atomic E-state index is 10.2. The van der Waals surface area contributed by atoms with E-state index < -0.39 is 6.10 Å². The molecule has 0 saturated heterocycles. The van der Waals surface area contributed by atoms with Crippen LogP contribution in [0, 0.1) is 0 Å². The lowest BCUT2D eigenvalue weighted by atomic mass is 10.1. The van der Waals surface area contributed by atoms with Gasteiger partial charge in [0.25, 0.3) is 0 Å². The number of methoxy groups -OCH3 is 1. The Labute approximate surface area is 127 Å². The summed E-state index contributed by atoms with van der Waals surface area (Å²) in [5.41, 5.74) is 0.592. The minimum absolute atomic E-state index is 0.0956. The van der Waals surface area contributed by atoms with Gasteiger partial charge in [0.2, 0.25) is 0 Å². The first-order chi connectivity index (χ1) is 9.60. The Kier molecular flexibility index (Phi) is 5.12. The van der Waals surface area contributed by atoms with E-state index in [0.717, 1.165) is 0 Å². The van der Waals surface area contributed by atoms with E-state index in [2.05, 4.69) is 0 Å². The number of ether oxygens (including phenoxy) is 2. The number of rotatable bonds is 5. The first-order valence-electron chi connectivity index (χ1n) is 6.00. The molecule has 1 atom stereocenters. The van der Waals surface area contributed by atoms with Crippen LogP contribution in [-0.4, -0.2) is 18.8 Å². The molecule has 0 aliphatic heterocycles. The van der Waals surface area contributed by atoms with Gasteiger partial charge in [-0.05, 0) is 42.5 Å². The number of aliphatic hydroxyl groups excluding tert-OH is 1. The van der Waals surface area contributed by atoms with Crippen molar-refractivity contribution in [2.45, 2.75) is 6.10 Å². The third-order valence-corrected chi connectivity index (χ3v) is 3.26. The molecule has 2 aromatic rings. The van der Waals surface area contributed by atoms with Crippen molar-refractivity contribution in [1.82, 2.24) is 0 Å². The average molecular weight is 313 g/mol. The maximum absolute atomic E-state index is 10.2. The normalized spacial score (nSPS) is 12.0. The molecule has 106 valence electrons. The van der Waals surface area contributed by atoms with E-state index in [1.165, 1.54) is 0 Å². The standard InChI is InChI=1S/C15H14Cl2O3/c1-19-15-7-4-11(17)8-13(15)14(18)9-20-12-5-2-10(16)3-6-12/h2-8,14,18H,9H2,1H3. The minimum atomic E-state index is -0.834. The van der Waals surface area contributed by atoms with Gasteiger partial charge in [-0.1, -0.05) is 23.2 Å². The zero-order chi connectivity index (χ0) is 14.5. The van der Waals surface area contributed by atoms with Gasteiger partial charge in [0.15, 0.2) is 0 Å². The lowest BCUT2D eigenvalue weighted by Crippen LogP contribution is -2.10. The summed E-state index contributed by atoms with van der Waals surface area (Å²) in [5.74, 6) is 1.20. The third-order valence-electron chi connectivity index (χ3n) is 2.77. The Hall–Kier alpha value is -1.42. The number of halogens is 2. The quantitative estimate of drug-likeness (QED) is 0.902. The second-order valence-electron chi connectivity index (χ2n) is 4.17. The number of hydrogen-bond acceptors (Lipinski definition) is 3. The molecule has 0 aromatic heterocycles. The Bertz CT molecular complexity index is 570. The summed E-state index contributed by atoms with van der Waals surface area (Å²) in [6, 6.07) is 12.0. The molecular weight excluding hydrogens is 299 g/mol. The van der Waals surface area contributed by atoms with E-state index in [1.54, 1.807) is 49.6 Å². The van der Waals surface area contributed by atoms with Crippen LogP contribution in [0.4, 0.5) is 0 Å². The first kappa shape index (κ1) is 15.0. The Balaban J connectivity index is 2.06. The largest absolute Gasteiger partial charge is 0.496 e. The van der Waals surface area contributed by atoms with Gasteiger partial charge < -0.3 is 14.6 Å². The number of benzene rings is 2. The Morgan fingerprint density at radius 1 is 1.05 bits per heavy atom. The van der Waals surface area contributed by atoms with Crippen molar-refractivity contribution in [3.63, 3.8) is 0 Å². The fourth-order valence-electron chi connectivity index (χ4n) is 1.76. The average Bonchev–Trinajstić information content (AvgIpc) is 2.46. The van der Waals surface area contributed by atoms with Crippen LogP contribution in [-0.2, 0) is 0 Å². The van der Waals surface area contributed by atoms with Crippen molar-refractivity contribution in [3.05, 3.63) is 58.1 Å². The molecule has 1 N–H and O–H groups in total. The van der Waals surface area contributed by atoms with Crippen LogP contribution in [0.3, 0.4) is 0 Å². The van der Waals surface area contributed by atoms with Crippen LogP contribution < -0.4 is 9.47 Å². The molecule has 2 rings (SSSR count). The lowest BCUT2D eigenvalue weighted by molar-refractivity contribution is 0.106. The summed E-state index contributed by atoms with van der Waals surface area (Å²) in [4.78, 5) is 0. The smallest absolute Gasteiger partial charge is 0.124 e. The SMILES string of the molecule is COc1ccc(Cl)cc1C(O)COc1ccc(Cl)cc1. The molecule has 3 nitrogen and oxygen atoms in total. The molecule has 1 unspecified atom stereocenters. The van der Waals surface area contributed by atoms with Crippen LogP contribution in [0.1, 0.15) is 11.7 Å². The van der Waals surface area contributed by atoms with Crippen molar-refractivity contribution < 1.29 is 14.6 Å². The second-order valence-corrected chi connectivity index (χ2v) is 5.04. The second kappa shape index (κ2) is 6.84. The molecule has 0 bridgehead atoms. The fourth-order valence-corrected chi connectivity index (χ4v) is 2.07. The van der Waals surface area contributed by atoms with Gasteiger partial charge in [0, 0.05) is 15.6 Å². The van der Waals surface area contributed by atoms with Crippen LogP contribution in [0.2, 0.25) is 10.0 Å². The lowest BCUT2D eigenvalue weighted by Gasteiger charge is -2.16. The molecule has 0 saturated carbocycles. The van der Waals surface area contributed by atoms with Gasteiger partial charge >= 0.3 is 0 Å². The van der Waals surface area contributed by atoms with Gasteiger partial charge in [-0.2, -0.15) is 0 Å². The highest BCUT2D eigenvalue weighted by Crippen LogP contribution is 2.29. The fraction of sp³-hybridized carbons (Fsp3) is 0.200. The predicted octanol–water partition coefficient (Wildman–Crippen LogP) is 4.11. The zero-order valence-corrected chi connectivity index (χ0v) is 12.4. The van der Waals surface area contributed by atoms with E-state index in [9.17, 15) is 5.11 Å². The molecule has 0 aliphatic rings. The monoisotopic (exact) mass is 312 g/mol. The van der Waals surface area contributed by atoms with E-state index in [-0.39, 0.29) is 6.61 Å². The zero-order valence-electron chi connectivity index (χ0n) is 10.8. The van der Waals surface area contributed by atoms with Crippen molar-refractivity contribution in [2.24, 2.45) is 0 Å². The van der Waals surface area contributed by atoms with Gasteiger partial charge in [0.1, 0.15) is 24.2 Å². The van der Waals surface area contributed by atoms with Crippen molar-refractivity contribution in [2.75, 3.05) is 13.7 Å². The van der Waals surface area contributed by atoms with Gasteiger partial charge in [0.05, 0.1) is 7.11 Å². The molecule has 20 heavy (non-hydrogen) atoms. The summed E-state index contributed by atoms with van der Waals surface area (Å²) in [6.07, 6.45) is -0.834. The van der Waals surface area contributed by atoms with E-state index in [1.807, 2.05) is 0 Å². The van der Waals surface area contributed by atoms with E-state index in [4.69, 9.17) is 32.7 Å². The summed E-state index contributed by atoms with van der Waals surface area (Å²) in [6.45, 7) is 0.0956. The molecular formula is C15H14Cl2O3. The van der Waals surface area contributed by atoms with Gasteiger partial charge in [-0.25, -0.2) is 0 Å². The Morgan fingerprint density at radius 3 is 2.35 bits per heavy atom. The highest BCUT2D eigenvalue weighted by Gasteiger charge is 2.14. The molecule has 0 radical (unpaired) electrons. The highest BCUT2D eigenvalue weighted by atomic mass is 35.5. The van der Waals surface area contributed by atoms with Gasteiger partial charge in [-0.15, -0.1) is 0 Å². The third kappa shape index (κ3) is 3.79. The summed E-state index contributed by atoms with van der Waals surface area (Å²) in [5, 5.41) is 11.4. The van der Waals surface area contributed by atoms with Crippen LogP contribution in [0.5, 0.6) is 11.5 Å². The van der Waals surface area contributed by atoms with E-state index >= 15 is 0 Å². The van der Waals surface area contributed by atoms with Gasteiger partial charge in [-0.3, -0.25) is 0 Å². The molecule has 0 fully saturated rings. The summed E-state index contributed by atoms with van der Waals surface area (Å²) >= 11 is 11.7. The first-order valence-corrected chi connectivity index (χ1v) is 6.75. The molecule has 0 heterocycles. The maximum Gasteiger partial charge on any atom is 0.124 e. The van der Waals surface area contributed by atoms with Crippen LogP contribution in [0.15, 0.2) is 42.5 Å². The minimum Gasteiger partial charge on any atom is -0.496 e. The molecule has 2 aromatic carbocycles. The van der Waals surface area contributed by atoms with Crippen LogP contribution >= 0.6 is 23.2 Å². The Morgan fingerprint density at radius 2 is 1.70 bits per heavy atom. The topological polar surface area (TPSA) is 38.7 Å². The highest BCUT2D eigenvalue weighted by molar-refractivity contribution is 6.30. The molecule has 0 amide bonds. The summed E-state index contributed by atoms with van der Waals surface area (Å²) < 4.78 is 10.7. The number of aliphatic hydroxyl groups is 1. The molecule has 5 heteroatoms. The molecule has 0 aliphatic carbocycles. The summed E-state index contributed by atoms with van der Waals surface area (Å²) in [7, 11) is 1.54. The predicted molar refractivity (Wildman–Crippen MR) is 79.9 cm³/mol. The van der Waals surface area contributed by atoms with E-state index in [0.29, 0.717) is 27.1 Å². The van der Waals surface area contributed by atoms with Crippen molar-refractivity contribution >= 4 is 23.2 Å². The number of hydrogen-bond donors (Lipinski definition) is 1. The van der Waals surface area contributed by atoms with Crippen molar-refractivity contribution in [1.29, 1.82) is 0 Å². The van der Waals surface area contributed by atoms with Crippen LogP contribution in [0.25, 0.3) is 0 Å². The van der Waals surface area contributed by atoms with Crippen molar-refractivity contribution in [3.8, 4) is 11.5 Å².